The van der Waals surface area contributed by atoms with E-state index in [1.165, 1.54) is 29.2 Å². The van der Waals surface area contributed by atoms with E-state index in [4.69, 9.17) is 0 Å². The van der Waals surface area contributed by atoms with E-state index in [1.54, 1.807) is 6.92 Å². The third-order valence-electron chi connectivity index (χ3n) is 2.85. The van der Waals surface area contributed by atoms with E-state index in [-0.39, 0.29) is 5.56 Å². The summed E-state index contributed by atoms with van der Waals surface area (Å²) in [5.41, 5.74) is -2.59. The van der Waals surface area contributed by atoms with E-state index >= 15 is 0 Å². The number of aromatic nitrogens is 1. The fraction of sp³-hybridized carbons (Fsp3) is 0.231. The van der Waals surface area contributed by atoms with Crippen LogP contribution in [0.5, 0.6) is 0 Å². The largest absolute Gasteiger partial charge is 0.432 e. The molecule has 1 aromatic carbocycles. The van der Waals surface area contributed by atoms with Gasteiger partial charge in [-0.25, -0.2) is 0 Å². The molecule has 0 aliphatic rings. The van der Waals surface area contributed by atoms with Gasteiger partial charge in [0, 0.05) is 5.56 Å². The summed E-state index contributed by atoms with van der Waals surface area (Å²) in [6.45, 7) is 1.72. The number of aromatic amines is 1. The van der Waals surface area contributed by atoms with Gasteiger partial charge in [0.15, 0.2) is 0 Å². The van der Waals surface area contributed by atoms with Gasteiger partial charge in [0.2, 0.25) is 0 Å². The minimum absolute atomic E-state index is 0.0477. The second-order valence-corrected chi connectivity index (χ2v) is 5.22. The fourth-order valence-corrected chi connectivity index (χ4v) is 2.63. The van der Waals surface area contributed by atoms with Crippen molar-refractivity contribution >= 4 is 15.9 Å². The van der Waals surface area contributed by atoms with Crippen LogP contribution in [-0.4, -0.2) is 4.98 Å². The summed E-state index contributed by atoms with van der Waals surface area (Å²) in [6.07, 6.45) is -9.84. The third kappa shape index (κ3) is 3.09. The molecule has 0 saturated carbocycles. The minimum atomic E-state index is -4.92. The van der Waals surface area contributed by atoms with Gasteiger partial charge in [-0.3, -0.25) is 0 Å². The van der Waals surface area contributed by atoms with E-state index in [1.807, 2.05) is 0 Å². The molecule has 2 rings (SSSR count). The van der Waals surface area contributed by atoms with Crippen molar-refractivity contribution in [3.05, 3.63) is 45.7 Å². The Morgan fingerprint density at radius 1 is 0.857 bits per heavy atom. The lowest BCUT2D eigenvalue weighted by Gasteiger charge is -2.09. The molecular weight excluding hydrogens is 364 g/mol. The maximum absolute atomic E-state index is 13.0. The molecule has 0 saturated heterocycles. The van der Waals surface area contributed by atoms with Crippen LogP contribution in [0, 0.1) is 6.92 Å². The van der Waals surface area contributed by atoms with E-state index < -0.39 is 33.8 Å². The van der Waals surface area contributed by atoms with Crippen LogP contribution in [0.4, 0.5) is 26.3 Å². The van der Waals surface area contributed by atoms with Crippen LogP contribution in [0.3, 0.4) is 0 Å². The lowest BCUT2D eigenvalue weighted by atomic mass is 10.0. The van der Waals surface area contributed by atoms with Crippen LogP contribution in [-0.2, 0) is 12.4 Å². The summed E-state index contributed by atoms with van der Waals surface area (Å²) < 4.78 is 76.6. The first-order valence-corrected chi connectivity index (χ1v) is 6.44. The molecule has 0 bridgehead atoms. The Kier molecular flexibility index (Phi) is 3.86. The quantitative estimate of drug-likeness (QED) is 0.610. The molecule has 1 aromatic heterocycles. The summed E-state index contributed by atoms with van der Waals surface area (Å²) in [5.74, 6) is 0. The zero-order chi connectivity index (χ0) is 16.0. The zero-order valence-electron chi connectivity index (χ0n) is 10.5. The monoisotopic (exact) mass is 371 g/mol. The number of hydrogen-bond donors (Lipinski definition) is 1. The number of nitrogens with one attached hydrogen (secondary N) is 1. The first kappa shape index (κ1) is 15.9. The van der Waals surface area contributed by atoms with Gasteiger partial charge in [-0.2, -0.15) is 26.3 Å². The number of H-pyrrole nitrogens is 1. The average Bonchev–Trinajstić information content (AvgIpc) is 2.67. The molecule has 0 radical (unpaired) electrons. The molecule has 114 valence electrons. The number of rotatable bonds is 1. The van der Waals surface area contributed by atoms with Crippen molar-refractivity contribution < 1.29 is 26.3 Å². The van der Waals surface area contributed by atoms with Gasteiger partial charge >= 0.3 is 12.4 Å². The Hall–Kier alpha value is -1.44. The second kappa shape index (κ2) is 5.08. The Morgan fingerprint density at radius 3 is 1.76 bits per heavy atom. The molecule has 1 N–H and O–H groups in total. The number of aryl methyl sites for hydroxylation is 1. The summed E-state index contributed by atoms with van der Waals surface area (Å²) in [7, 11) is 0. The molecule has 0 unspecified atom stereocenters. The Morgan fingerprint density at radius 2 is 1.33 bits per heavy atom. The maximum Gasteiger partial charge on any atom is 0.432 e. The Bertz CT molecular complexity index is 651. The van der Waals surface area contributed by atoms with Gasteiger partial charge < -0.3 is 4.98 Å². The SMILES string of the molecule is Cc1ccc(-c2c(C(F)(F)F)[nH]c(C(F)(F)F)c2Br)cc1. The summed E-state index contributed by atoms with van der Waals surface area (Å²) in [6, 6.07) is 5.75. The van der Waals surface area contributed by atoms with Crippen LogP contribution in [0.1, 0.15) is 17.0 Å². The average molecular weight is 372 g/mol. The summed E-state index contributed by atoms with van der Waals surface area (Å²) in [5, 5.41) is 0. The van der Waals surface area contributed by atoms with Crippen LogP contribution >= 0.6 is 15.9 Å². The van der Waals surface area contributed by atoms with E-state index in [0.717, 1.165) is 5.56 Å². The van der Waals surface area contributed by atoms with Gasteiger partial charge in [0.05, 0.1) is 4.47 Å². The summed E-state index contributed by atoms with van der Waals surface area (Å²) in [4.78, 5) is 1.45. The molecule has 0 fully saturated rings. The molecule has 0 atom stereocenters. The lowest BCUT2D eigenvalue weighted by molar-refractivity contribution is -0.147. The molecule has 1 heterocycles. The summed E-state index contributed by atoms with van der Waals surface area (Å²) >= 11 is 2.63. The number of benzene rings is 1. The zero-order valence-corrected chi connectivity index (χ0v) is 12.0. The smallest absolute Gasteiger partial charge is 0.346 e. The number of alkyl halides is 6. The van der Waals surface area contributed by atoms with Crippen LogP contribution < -0.4 is 0 Å². The number of hydrogen-bond acceptors (Lipinski definition) is 0. The van der Waals surface area contributed by atoms with Crippen molar-refractivity contribution in [2.45, 2.75) is 19.3 Å². The first-order valence-electron chi connectivity index (χ1n) is 5.64. The Labute approximate surface area is 124 Å². The van der Waals surface area contributed by atoms with Crippen LogP contribution in [0.2, 0.25) is 0 Å². The lowest BCUT2D eigenvalue weighted by Crippen LogP contribution is -2.10. The van der Waals surface area contributed by atoms with E-state index in [2.05, 4.69) is 15.9 Å². The van der Waals surface area contributed by atoms with Crippen molar-refractivity contribution in [1.29, 1.82) is 0 Å². The van der Waals surface area contributed by atoms with Crippen molar-refractivity contribution in [3.63, 3.8) is 0 Å². The van der Waals surface area contributed by atoms with Crippen molar-refractivity contribution in [2.75, 3.05) is 0 Å². The number of halogens is 7. The normalized spacial score (nSPS) is 12.8. The van der Waals surface area contributed by atoms with Gasteiger partial charge in [-0.15, -0.1) is 0 Å². The molecule has 21 heavy (non-hydrogen) atoms. The van der Waals surface area contributed by atoms with Crippen LogP contribution in [0.15, 0.2) is 28.7 Å². The minimum Gasteiger partial charge on any atom is -0.346 e. The highest BCUT2D eigenvalue weighted by atomic mass is 79.9. The molecule has 0 aliphatic carbocycles. The van der Waals surface area contributed by atoms with E-state index in [0.29, 0.717) is 0 Å². The van der Waals surface area contributed by atoms with Gasteiger partial charge in [-0.05, 0) is 28.4 Å². The van der Waals surface area contributed by atoms with Crippen molar-refractivity contribution in [2.24, 2.45) is 0 Å². The van der Waals surface area contributed by atoms with Gasteiger partial charge in [0.25, 0.3) is 0 Å². The van der Waals surface area contributed by atoms with Gasteiger partial charge in [-0.1, -0.05) is 29.8 Å². The molecule has 0 aliphatic heterocycles. The van der Waals surface area contributed by atoms with Crippen molar-refractivity contribution in [1.82, 2.24) is 4.98 Å². The van der Waals surface area contributed by atoms with E-state index in [9.17, 15) is 26.3 Å². The highest BCUT2D eigenvalue weighted by Crippen LogP contribution is 2.46. The molecule has 2 aromatic rings. The predicted molar refractivity (Wildman–Crippen MR) is 68.7 cm³/mol. The van der Waals surface area contributed by atoms with Gasteiger partial charge in [0.1, 0.15) is 11.4 Å². The predicted octanol–water partition coefficient (Wildman–Crippen LogP) is 5.79. The first-order chi connectivity index (χ1) is 9.51. The Balaban J connectivity index is 2.74. The molecule has 0 amide bonds. The topological polar surface area (TPSA) is 15.8 Å². The second-order valence-electron chi connectivity index (χ2n) is 4.43. The highest BCUT2D eigenvalue weighted by molar-refractivity contribution is 9.10. The maximum atomic E-state index is 13.0. The highest BCUT2D eigenvalue weighted by Gasteiger charge is 2.44. The van der Waals surface area contributed by atoms with Crippen molar-refractivity contribution in [3.8, 4) is 11.1 Å². The van der Waals surface area contributed by atoms with Crippen LogP contribution in [0.25, 0.3) is 11.1 Å². The fourth-order valence-electron chi connectivity index (χ4n) is 1.88. The standard InChI is InChI=1S/C13H8BrF6N/c1-6-2-4-7(5-3-6)8-9(14)11(13(18,19)20)21-10(8)12(15,16)17/h2-5,21H,1H3. The molecule has 0 spiro atoms. The third-order valence-corrected chi connectivity index (χ3v) is 3.64. The molecule has 8 heteroatoms. The molecular formula is C13H8BrF6N. The molecule has 1 nitrogen and oxygen atoms in total.